The molecule has 0 saturated carbocycles. The molecule has 2 heterocycles. The number of rotatable bonds is 7. The van der Waals surface area contributed by atoms with E-state index in [-0.39, 0.29) is 11.6 Å². The van der Waals surface area contributed by atoms with Crippen molar-refractivity contribution in [3.8, 4) is 11.4 Å². The lowest BCUT2D eigenvalue weighted by Gasteiger charge is -2.10. The minimum atomic E-state index is -0.453. The van der Waals surface area contributed by atoms with Crippen molar-refractivity contribution in [3.05, 3.63) is 86.5 Å². The van der Waals surface area contributed by atoms with E-state index in [1.165, 1.54) is 23.5 Å². The molecule has 0 atom stereocenters. The molecular formula is C24H22N4O4S. The molecule has 0 fully saturated rings. The lowest BCUT2D eigenvalue weighted by molar-refractivity contribution is -0.384. The molecule has 0 aliphatic rings. The van der Waals surface area contributed by atoms with Crippen molar-refractivity contribution >= 4 is 39.2 Å². The van der Waals surface area contributed by atoms with Crippen molar-refractivity contribution in [1.82, 2.24) is 9.99 Å². The molecule has 0 unspecified atom stereocenters. The normalized spacial score (nSPS) is 11.2. The Balaban J connectivity index is 1.49. The van der Waals surface area contributed by atoms with Gasteiger partial charge in [0, 0.05) is 44.9 Å². The fourth-order valence-corrected chi connectivity index (χ4v) is 4.58. The zero-order chi connectivity index (χ0) is 23.5. The van der Waals surface area contributed by atoms with Crippen molar-refractivity contribution in [2.75, 3.05) is 6.61 Å². The smallest absolute Gasteiger partial charge is 0.281 e. The minimum Gasteiger partial charge on any atom is -0.494 e. The highest BCUT2D eigenvalue weighted by atomic mass is 32.1. The summed E-state index contributed by atoms with van der Waals surface area (Å²) in [6, 6.07) is 16.0. The first kappa shape index (κ1) is 22.2. The number of nitrogens with one attached hydrogen (secondary N) is 1. The third kappa shape index (κ3) is 4.63. The molecule has 1 amide bonds. The van der Waals surface area contributed by atoms with Gasteiger partial charge in [-0.05, 0) is 63.2 Å². The van der Waals surface area contributed by atoms with Crippen LogP contribution >= 0.6 is 11.3 Å². The Morgan fingerprint density at radius 1 is 1.18 bits per heavy atom. The summed E-state index contributed by atoms with van der Waals surface area (Å²) in [5.41, 5.74) is 6.46. The SMILES string of the molecule is CCOc1ccc(-n2c(C)cc(C=NNC(=O)c3cc4cc([N+](=O)[O-])ccc4s3)c2C)cc1. The van der Waals surface area contributed by atoms with E-state index in [0.29, 0.717) is 16.9 Å². The molecule has 0 saturated heterocycles. The molecule has 0 aliphatic heterocycles. The van der Waals surface area contributed by atoms with E-state index in [1.54, 1.807) is 18.3 Å². The number of carbonyl (C=O) groups is 1. The van der Waals surface area contributed by atoms with Crippen molar-refractivity contribution in [2.24, 2.45) is 5.10 Å². The first-order chi connectivity index (χ1) is 15.9. The number of benzene rings is 2. The molecule has 9 heteroatoms. The molecule has 0 bridgehead atoms. The number of hydrogen-bond acceptors (Lipinski definition) is 6. The molecule has 4 aromatic rings. The lowest BCUT2D eigenvalue weighted by atomic mass is 10.2. The predicted molar refractivity (Wildman–Crippen MR) is 130 cm³/mol. The van der Waals surface area contributed by atoms with Gasteiger partial charge >= 0.3 is 0 Å². The summed E-state index contributed by atoms with van der Waals surface area (Å²) < 4.78 is 8.42. The minimum absolute atomic E-state index is 0.00633. The number of nitrogens with zero attached hydrogens (tertiary/aromatic N) is 3. The Hall–Kier alpha value is -3.98. The second-order valence-corrected chi connectivity index (χ2v) is 8.46. The second-order valence-electron chi connectivity index (χ2n) is 7.38. The second kappa shape index (κ2) is 9.25. The van der Waals surface area contributed by atoms with Crippen molar-refractivity contribution in [2.45, 2.75) is 20.8 Å². The van der Waals surface area contributed by atoms with Gasteiger partial charge in [-0.1, -0.05) is 0 Å². The highest BCUT2D eigenvalue weighted by Gasteiger charge is 2.14. The number of aryl methyl sites for hydroxylation is 1. The fraction of sp³-hybridized carbons (Fsp3) is 0.167. The average Bonchev–Trinajstić information content (AvgIpc) is 3.34. The van der Waals surface area contributed by atoms with Crippen LogP contribution in [0.15, 0.2) is 59.7 Å². The van der Waals surface area contributed by atoms with Gasteiger partial charge in [0.1, 0.15) is 5.75 Å². The summed E-state index contributed by atoms with van der Waals surface area (Å²) in [7, 11) is 0. The predicted octanol–water partition coefficient (Wildman–Crippen LogP) is 5.38. The number of fused-ring (bicyclic) bond motifs is 1. The highest BCUT2D eigenvalue weighted by molar-refractivity contribution is 7.20. The van der Waals surface area contributed by atoms with Crippen LogP contribution in [0.1, 0.15) is 33.5 Å². The van der Waals surface area contributed by atoms with Crippen LogP contribution in [0.3, 0.4) is 0 Å². The monoisotopic (exact) mass is 462 g/mol. The summed E-state index contributed by atoms with van der Waals surface area (Å²) in [6.45, 7) is 6.57. The molecule has 4 rings (SSSR count). The third-order valence-electron chi connectivity index (χ3n) is 5.18. The molecule has 168 valence electrons. The summed E-state index contributed by atoms with van der Waals surface area (Å²) in [5, 5.41) is 15.7. The van der Waals surface area contributed by atoms with Crippen molar-refractivity contribution in [1.29, 1.82) is 0 Å². The van der Waals surface area contributed by atoms with E-state index in [2.05, 4.69) is 15.1 Å². The Morgan fingerprint density at radius 3 is 2.64 bits per heavy atom. The van der Waals surface area contributed by atoms with E-state index < -0.39 is 4.92 Å². The van der Waals surface area contributed by atoms with E-state index in [0.717, 1.165) is 33.1 Å². The quantitative estimate of drug-likeness (QED) is 0.226. The number of amides is 1. The number of hydrogen-bond donors (Lipinski definition) is 1. The van der Waals surface area contributed by atoms with Crippen LogP contribution in [0, 0.1) is 24.0 Å². The average molecular weight is 463 g/mol. The van der Waals surface area contributed by atoms with Crippen LogP contribution in [-0.4, -0.2) is 28.2 Å². The van der Waals surface area contributed by atoms with Crippen molar-refractivity contribution in [3.63, 3.8) is 0 Å². The molecular weight excluding hydrogens is 440 g/mol. The number of aromatic nitrogens is 1. The van der Waals surface area contributed by atoms with Gasteiger partial charge in [-0.25, -0.2) is 5.43 Å². The number of nitro benzene ring substituents is 1. The molecule has 33 heavy (non-hydrogen) atoms. The maximum atomic E-state index is 12.5. The van der Waals surface area contributed by atoms with Gasteiger partial charge in [0.15, 0.2) is 0 Å². The van der Waals surface area contributed by atoms with Crippen molar-refractivity contribution < 1.29 is 14.5 Å². The van der Waals surface area contributed by atoms with E-state index in [9.17, 15) is 14.9 Å². The maximum Gasteiger partial charge on any atom is 0.281 e. The van der Waals surface area contributed by atoms with E-state index >= 15 is 0 Å². The molecule has 1 N–H and O–H groups in total. The van der Waals surface area contributed by atoms with E-state index in [1.807, 2.05) is 51.1 Å². The number of nitro groups is 1. The third-order valence-corrected chi connectivity index (χ3v) is 6.30. The van der Waals surface area contributed by atoms with Crippen LogP contribution in [0.25, 0.3) is 15.8 Å². The number of hydrazone groups is 1. The first-order valence-electron chi connectivity index (χ1n) is 10.3. The van der Waals surface area contributed by atoms with E-state index in [4.69, 9.17) is 4.74 Å². The summed E-state index contributed by atoms with van der Waals surface area (Å²) in [4.78, 5) is 23.5. The Labute approximate surface area is 194 Å². The van der Waals surface area contributed by atoms with Crippen LogP contribution in [0.5, 0.6) is 5.75 Å². The van der Waals surface area contributed by atoms with Gasteiger partial charge in [-0.3, -0.25) is 14.9 Å². The van der Waals surface area contributed by atoms with Crippen LogP contribution < -0.4 is 10.2 Å². The Kier molecular flexibility index (Phi) is 6.23. The molecule has 0 aliphatic carbocycles. The van der Waals surface area contributed by atoms with Gasteiger partial charge < -0.3 is 9.30 Å². The summed E-state index contributed by atoms with van der Waals surface area (Å²) in [5.74, 6) is 0.458. The Bertz CT molecular complexity index is 1370. The molecule has 2 aromatic carbocycles. The molecule has 0 spiro atoms. The summed E-state index contributed by atoms with van der Waals surface area (Å²) in [6.07, 6.45) is 1.61. The van der Waals surface area contributed by atoms with Gasteiger partial charge in [0.25, 0.3) is 11.6 Å². The number of ether oxygens (including phenoxy) is 1. The fourth-order valence-electron chi connectivity index (χ4n) is 3.65. The lowest BCUT2D eigenvalue weighted by Crippen LogP contribution is -2.16. The largest absolute Gasteiger partial charge is 0.494 e. The zero-order valence-corrected chi connectivity index (χ0v) is 19.2. The molecule has 0 radical (unpaired) electrons. The van der Waals surface area contributed by atoms with Gasteiger partial charge in [0.05, 0.1) is 22.6 Å². The maximum absolute atomic E-state index is 12.5. The molecule has 2 aromatic heterocycles. The standard InChI is InChI=1S/C24H22N4O4S/c1-4-32-21-8-5-19(6-9-21)27-15(2)11-18(16(27)3)14-25-26-24(29)23-13-17-12-20(28(30)31)7-10-22(17)33-23/h5-14H,4H2,1-3H3,(H,26,29). The Morgan fingerprint density at radius 2 is 1.94 bits per heavy atom. The number of carbonyl (C=O) groups excluding carboxylic acids is 1. The topological polar surface area (TPSA) is 98.8 Å². The van der Waals surface area contributed by atoms with Crippen LogP contribution in [-0.2, 0) is 0 Å². The number of non-ortho nitro benzene ring substituents is 1. The van der Waals surface area contributed by atoms with Crippen LogP contribution in [0.4, 0.5) is 5.69 Å². The highest BCUT2D eigenvalue weighted by Crippen LogP contribution is 2.29. The van der Waals surface area contributed by atoms with Gasteiger partial charge in [-0.15, -0.1) is 11.3 Å². The molecule has 8 nitrogen and oxygen atoms in total. The number of thiophene rings is 1. The van der Waals surface area contributed by atoms with Gasteiger partial charge in [-0.2, -0.15) is 5.10 Å². The summed E-state index contributed by atoms with van der Waals surface area (Å²) >= 11 is 1.26. The first-order valence-corrected chi connectivity index (χ1v) is 11.1. The zero-order valence-electron chi connectivity index (χ0n) is 18.4. The van der Waals surface area contributed by atoms with Crippen LogP contribution in [0.2, 0.25) is 0 Å². The van der Waals surface area contributed by atoms with Gasteiger partial charge in [0.2, 0.25) is 0 Å².